The van der Waals surface area contributed by atoms with Crippen LogP contribution in [0.3, 0.4) is 0 Å². The molecule has 0 aromatic carbocycles. The molecule has 2 unspecified atom stereocenters. The van der Waals surface area contributed by atoms with Crippen LogP contribution in [0.15, 0.2) is 27.8 Å². The Morgan fingerprint density at radius 3 is 2.94 bits per heavy atom. The normalized spacial score (nSPS) is 25.0. The molecule has 2 atom stereocenters. The number of rotatable bonds is 3. The van der Waals surface area contributed by atoms with Crippen LogP contribution in [0.5, 0.6) is 0 Å². The fourth-order valence-corrected chi connectivity index (χ4v) is 3.85. The Morgan fingerprint density at radius 2 is 2.28 bits per heavy atom. The summed E-state index contributed by atoms with van der Waals surface area (Å²) in [7, 11) is -3.48. The molecule has 0 saturated carbocycles. The quantitative estimate of drug-likeness (QED) is 0.873. The molecule has 1 aromatic heterocycles. The number of nitrogens with one attached hydrogen (secondary N) is 2. The van der Waals surface area contributed by atoms with Gasteiger partial charge in [0.05, 0.1) is 0 Å². The predicted molar refractivity (Wildman–Crippen MR) is 72.7 cm³/mol. The summed E-state index contributed by atoms with van der Waals surface area (Å²) in [6, 6.07) is 1.89. The third-order valence-electron chi connectivity index (χ3n) is 2.94. The van der Waals surface area contributed by atoms with Crippen LogP contribution in [0.25, 0.3) is 0 Å². The monoisotopic (exact) mass is 333 g/mol. The summed E-state index contributed by atoms with van der Waals surface area (Å²) < 4.78 is 27.7. The van der Waals surface area contributed by atoms with Gasteiger partial charge in [-0.25, -0.2) is 13.1 Å². The van der Waals surface area contributed by atoms with E-state index in [1.807, 2.05) is 0 Å². The Morgan fingerprint density at radius 1 is 1.50 bits per heavy atom. The molecule has 0 amide bonds. The molecule has 100 valence electrons. The molecule has 18 heavy (non-hydrogen) atoms. The van der Waals surface area contributed by atoms with Gasteiger partial charge in [0.25, 0.3) is 0 Å². The van der Waals surface area contributed by atoms with Crippen molar-refractivity contribution in [2.45, 2.75) is 36.7 Å². The van der Waals surface area contributed by atoms with E-state index in [2.05, 4.69) is 37.9 Å². The Bertz CT molecular complexity index is 521. The number of aromatic nitrogens is 1. The SMILES string of the molecule is CC1CC(NS(=O)(=O)c2cncc(Br)c2)CCN1. The molecule has 1 saturated heterocycles. The van der Waals surface area contributed by atoms with Crippen molar-refractivity contribution in [3.63, 3.8) is 0 Å². The van der Waals surface area contributed by atoms with Crippen molar-refractivity contribution in [1.29, 1.82) is 0 Å². The molecule has 2 N–H and O–H groups in total. The highest BCUT2D eigenvalue weighted by molar-refractivity contribution is 9.10. The number of hydrogen-bond acceptors (Lipinski definition) is 4. The van der Waals surface area contributed by atoms with Gasteiger partial charge in [-0.3, -0.25) is 4.98 Å². The number of piperidine rings is 1. The summed E-state index contributed by atoms with van der Waals surface area (Å²) in [5.41, 5.74) is 0. The van der Waals surface area contributed by atoms with E-state index >= 15 is 0 Å². The van der Waals surface area contributed by atoms with Crippen molar-refractivity contribution in [2.24, 2.45) is 0 Å². The van der Waals surface area contributed by atoms with Gasteiger partial charge in [0.15, 0.2) is 0 Å². The maximum absolute atomic E-state index is 12.2. The average Bonchev–Trinajstić information content (AvgIpc) is 2.28. The van der Waals surface area contributed by atoms with Crippen LogP contribution in [0.2, 0.25) is 0 Å². The molecule has 1 aromatic rings. The molecular weight excluding hydrogens is 318 g/mol. The molecule has 2 heterocycles. The number of nitrogens with zero attached hydrogens (tertiary/aromatic N) is 1. The maximum Gasteiger partial charge on any atom is 0.242 e. The van der Waals surface area contributed by atoms with Gasteiger partial charge in [0, 0.05) is 29.0 Å². The highest BCUT2D eigenvalue weighted by Crippen LogP contribution is 2.16. The predicted octanol–water partition coefficient (Wildman–Crippen LogP) is 1.26. The lowest BCUT2D eigenvalue weighted by atomic mass is 10.0. The summed E-state index contributed by atoms with van der Waals surface area (Å²) in [6.45, 7) is 2.90. The second-order valence-electron chi connectivity index (χ2n) is 4.54. The maximum atomic E-state index is 12.2. The lowest BCUT2D eigenvalue weighted by Gasteiger charge is -2.28. The summed E-state index contributed by atoms with van der Waals surface area (Å²) in [4.78, 5) is 4.08. The zero-order chi connectivity index (χ0) is 13.2. The first-order valence-electron chi connectivity index (χ1n) is 5.83. The summed E-state index contributed by atoms with van der Waals surface area (Å²) >= 11 is 3.22. The first kappa shape index (κ1) is 13.9. The standard InChI is InChI=1S/C11H16BrN3O2S/c1-8-4-10(2-3-14-8)15-18(16,17)11-5-9(12)6-13-7-11/h5-8,10,14-15H,2-4H2,1H3. The van der Waals surface area contributed by atoms with Crippen molar-refractivity contribution < 1.29 is 8.42 Å². The van der Waals surface area contributed by atoms with Gasteiger partial charge in [-0.05, 0) is 48.3 Å². The first-order valence-corrected chi connectivity index (χ1v) is 8.11. The molecule has 0 aliphatic carbocycles. The van der Waals surface area contributed by atoms with Crippen LogP contribution in [0.4, 0.5) is 0 Å². The lowest BCUT2D eigenvalue weighted by molar-refractivity contribution is 0.361. The summed E-state index contributed by atoms with van der Waals surface area (Å²) in [5.74, 6) is 0. The molecule has 0 radical (unpaired) electrons. The number of sulfonamides is 1. The van der Waals surface area contributed by atoms with Gasteiger partial charge in [-0.1, -0.05) is 0 Å². The van der Waals surface area contributed by atoms with Gasteiger partial charge in [-0.15, -0.1) is 0 Å². The van der Waals surface area contributed by atoms with E-state index in [1.165, 1.54) is 6.20 Å². The van der Waals surface area contributed by atoms with Crippen LogP contribution in [0, 0.1) is 0 Å². The minimum Gasteiger partial charge on any atom is -0.314 e. The van der Waals surface area contributed by atoms with Crippen molar-refractivity contribution in [1.82, 2.24) is 15.0 Å². The molecule has 7 heteroatoms. The Labute approximate surface area is 116 Å². The summed E-state index contributed by atoms with van der Waals surface area (Å²) in [6.07, 6.45) is 4.54. The average molecular weight is 334 g/mol. The highest BCUT2D eigenvalue weighted by Gasteiger charge is 2.24. The van der Waals surface area contributed by atoms with Crippen LogP contribution in [-0.2, 0) is 10.0 Å². The van der Waals surface area contributed by atoms with E-state index in [0.29, 0.717) is 10.5 Å². The fourth-order valence-electron chi connectivity index (χ4n) is 2.07. The molecular formula is C11H16BrN3O2S. The van der Waals surface area contributed by atoms with Gasteiger partial charge in [-0.2, -0.15) is 0 Å². The molecule has 5 nitrogen and oxygen atoms in total. The van der Waals surface area contributed by atoms with Crippen LogP contribution in [0.1, 0.15) is 19.8 Å². The van der Waals surface area contributed by atoms with Crippen LogP contribution >= 0.6 is 15.9 Å². The van der Waals surface area contributed by atoms with E-state index in [-0.39, 0.29) is 10.9 Å². The lowest BCUT2D eigenvalue weighted by Crippen LogP contribution is -2.46. The Balaban J connectivity index is 2.12. The van der Waals surface area contributed by atoms with Crippen molar-refractivity contribution in [2.75, 3.05) is 6.54 Å². The number of halogens is 1. The molecule has 0 spiro atoms. The van der Waals surface area contributed by atoms with Gasteiger partial charge < -0.3 is 5.32 Å². The van der Waals surface area contributed by atoms with Crippen LogP contribution < -0.4 is 10.0 Å². The van der Waals surface area contributed by atoms with E-state index in [0.717, 1.165) is 19.4 Å². The van der Waals surface area contributed by atoms with Crippen molar-refractivity contribution >= 4 is 26.0 Å². The topological polar surface area (TPSA) is 71.1 Å². The fraction of sp³-hybridized carbons (Fsp3) is 0.545. The number of pyridine rings is 1. The van der Waals surface area contributed by atoms with Gasteiger partial charge in [0.1, 0.15) is 4.90 Å². The van der Waals surface area contributed by atoms with Gasteiger partial charge >= 0.3 is 0 Å². The zero-order valence-electron chi connectivity index (χ0n) is 10.1. The Hall–Kier alpha value is -0.500. The van der Waals surface area contributed by atoms with E-state index < -0.39 is 10.0 Å². The minimum atomic E-state index is -3.48. The molecule has 2 rings (SSSR count). The third-order valence-corrected chi connectivity index (χ3v) is 4.86. The van der Waals surface area contributed by atoms with E-state index in [1.54, 1.807) is 12.3 Å². The molecule has 1 fully saturated rings. The highest BCUT2D eigenvalue weighted by atomic mass is 79.9. The first-order chi connectivity index (χ1) is 8.47. The minimum absolute atomic E-state index is 0.00904. The third kappa shape index (κ3) is 3.50. The second-order valence-corrected chi connectivity index (χ2v) is 7.17. The largest absolute Gasteiger partial charge is 0.314 e. The Kier molecular flexibility index (Phi) is 4.37. The van der Waals surface area contributed by atoms with Crippen molar-refractivity contribution in [3.8, 4) is 0 Å². The van der Waals surface area contributed by atoms with Gasteiger partial charge in [0.2, 0.25) is 10.0 Å². The molecule has 1 aliphatic rings. The molecule has 1 aliphatic heterocycles. The van der Waals surface area contributed by atoms with E-state index in [9.17, 15) is 8.42 Å². The second kappa shape index (κ2) is 5.64. The smallest absolute Gasteiger partial charge is 0.242 e. The van der Waals surface area contributed by atoms with Crippen LogP contribution in [-0.4, -0.2) is 32.0 Å². The summed E-state index contributed by atoms with van der Waals surface area (Å²) in [5, 5.41) is 3.29. The number of hydrogen-bond donors (Lipinski definition) is 2. The van der Waals surface area contributed by atoms with Crippen molar-refractivity contribution in [3.05, 3.63) is 22.9 Å². The van der Waals surface area contributed by atoms with E-state index in [4.69, 9.17) is 0 Å². The molecule has 0 bridgehead atoms. The zero-order valence-corrected chi connectivity index (χ0v) is 12.5.